The van der Waals surface area contributed by atoms with Gasteiger partial charge in [-0.2, -0.15) is 29.5 Å². The van der Waals surface area contributed by atoms with Gasteiger partial charge in [0.15, 0.2) is 0 Å². The third-order valence-corrected chi connectivity index (χ3v) is 6.03. The van der Waals surface area contributed by atoms with Gasteiger partial charge in [-0.1, -0.05) is 0 Å². The zero-order valence-corrected chi connectivity index (χ0v) is 12.4. The van der Waals surface area contributed by atoms with Crippen LogP contribution in [0.25, 0.3) is 0 Å². The van der Waals surface area contributed by atoms with Gasteiger partial charge in [0, 0.05) is 0 Å². The van der Waals surface area contributed by atoms with Gasteiger partial charge in [-0.05, 0) is 30.8 Å². The lowest BCUT2D eigenvalue weighted by Gasteiger charge is -2.11. The van der Waals surface area contributed by atoms with E-state index in [0.29, 0.717) is 17.9 Å². The summed E-state index contributed by atoms with van der Waals surface area (Å²) in [6.07, 6.45) is 0.929. The maximum atomic E-state index is 10.9. The molecule has 0 saturated heterocycles. The summed E-state index contributed by atoms with van der Waals surface area (Å²) >= 11 is 4.93. The van der Waals surface area contributed by atoms with Gasteiger partial charge in [-0.3, -0.25) is 9.11 Å². The van der Waals surface area contributed by atoms with Crippen molar-refractivity contribution < 1.29 is 25.9 Å². The maximum absolute atomic E-state index is 10.9. The minimum Gasteiger partial charge on any atom is -0.286 e. The summed E-state index contributed by atoms with van der Waals surface area (Å²) in [5.41, 5.74) is 0. The molecule has 1 atom stereocenters. The van der Waals surface area contributed by atoms with E-state index in [-0.39, 0.29) is 18.6 Å². The highest BCUT2D eigenvalue weighted by Gasteiger charge is 2.22. The summed E-state index contributed by atoms with van der Waals surface area (Å²) in [4.78, 5) is 0. The predicted molar refractivity (Wildman–Crippen MR) is 71.9 cm³/mol. The predicted octanol–water partition coefficient (Wildman–Crippen LogP) is 0.921. The quantitative estimate of drug-likeness (QED) is 0.329. The Labute approximate surface area is 111 Å². The van der Waals surface area contributed by atoms with E-state index < -0.39 is 24.8 Å². The van der Waals surface area contributed by atoms with Gasteiger partial charge in [0.2, 0.25) is 0 Å². The first-order chi connectivity index (χ1) is 7.67. The normalized spacial score (nSPS) is 14.8. The average Bonchev–Trinajstić information content (AvgIpc) is 2.12. The number of thiol groups is 1. The molecule has 2 N–H and O–H groups in total. The first kappa shape index (κ1) is 17.5. The van der Waals surface area contributed by atoms with E-state index in [4.69, 9.17) is 9.11 Å². The second kappa shape index (κ2) is 7.85. The van der Waals surface area contributed by atoms with Crippen LogP contribution < -0.4 is 0 Å². The smallest absolute Gasteiger partial charge is 0.277 e. The van der Waals surface area contributed by atoms with E-state index in [0.717, 1.165) is 11.8 Å². The molecule has 0 aliphatic heterocycles. The molecule has 0 saturated carbocycles. The van der Waals surface area contributed by atoms with Crippen LogP contribution in [-0.2, 0) is 20.2 Å². The molecule has 0 spiro atoms. The summed E-state index contributed by atoms with van der Waals surface area (Å²) < 4.78 is 59.0. The largest absolute Gasteiger partial charge is 0.286 e. The fourth-order valence-corrected chi connectivity index (χ4v) is 4.51. The Morgan fingerprint density at radius 1 is 1.12 bits per heavy atom. The van der Waals surface area contributed by atoms with Gasteiger partial charge in [0.05, 0.1) is 5.75 Å². The molecule has 0 rings (SSSR count). The molecule has 0 aromatic heterocycles. The minimum atomic E-state index is -4.10. The SMILES string of the molecule is O=S(=O)(O)CCCCSC(CCS)S(=O)(=O)O. The number of thioether (sulfide) groups is 1. The molecule has 0 aliphatic rings. The highest BCUT2D eigenvalue weighted by Crippen LogP contribution is 2.21. The Bertz CT molecular complexity index is 400. The van der Waals surface area contributed by atoms with Gasteiger partial charge in [0.25, 0.3) is 20.2 Å². The molecule has 0 amide bonds. The Hall–Kier alpha value is 0.520. The minimum absolute atomic E-state index is 0.227. The highest BCUT2D eigenvalue weighted by molar-refractivity contribution is 8.11. The lowest BCUT2D eigenvalue weighted by Crippen LogP contribution is -2.18. The van der Waals surface area contributed by atoms with Crippen LogP contribution in [0.4, 0.5) is 0 Å². The molecule has 0 aromatic rings. The first-order valence-corrected chi connectivity index (χ1v) is 9.60. The van der Waals surface area contributed by atoms with Crippen molar-refractivity contribution in [1.29, 1.82) is 0 Å². The summed E-state index contributed by atoms with van der Waals surface area (Å²) in [5, 5.41) is 0. The summed E-state index contributed by atoms with van der Waals surface area (Å²) in [5.74, 6) is 0.396. The third-order valence-electron chi connectivity index (χ3n) is 1.80. The van der Waals surface area contributed by atoms with E-state index in [1.54, 1.807) is 0 Å². The van der Waals surface area contributed by atoms with Crippen molar-refractivity contribution in [1.82, 2.24) is 0 Å². The number of rotatable bonds is 9. The molecule has 17 heavy (non-hydrogen) atoms. The van der Waals surface area contributed by atoms with Crippen molar-refractivity contribution in [2.45, 2.75) is 23.8 Å². The second-order valence-electron chi connectivity index (χ2n) is 3.32. The summed E-state index contributed by atoms with van der Waals surface area (Å²) in [6, 6.07) is 0. The molecule has 0 radical (unpaired) electrons. The second-order valence-corrected chi connectivity index (χ2v) is 8.55. The van der Waals surface area contributed by atoms with Crippen molar-refractivity contribution in [3.05, 3.63) is 0 Å². The van der Waals surface area contributed by atoms with Crippen molar-refractivity contribution in [3.8, 4) is 0 Å². The fraction of sp³-hybridized carbons (Fsp3) is 1.00. The van der Waals surface area contributed by atoms with Gasteiger partial charge >= 0.3 is 0 Å². The number of unbranched alkanes of at least 4 members (excludes halogenated alkanes) is 1. The first-order valence-electron chi connectivity index (χ1n) is 4.81. The Kier molecular flexibility index (Phi) is 8.09. The monoisotopic (exact) mass is 324 g/mol. The van der Waals surface area contributed by atoms with Crippen molar-refractivity contribution in [3.63, 3.8) is 0 Å². The highest BCUT2D eigenvalue weighted by atomic mass is 32.3. The molecule has 6 nitrogen and oxygen atoms in total. The van der Waals surface area contributed by atoms with Crippen molar-refractivity contribution in [2.75, 3.05) is 17.3 Å². The number of hydrogen-bond acceptors (Lipinski definition) is 6. The fourth-order valence-electron chi connectivity index (χ4n) is 1.02. The van der Waals surface area contributed by atoms with E-state index in [2.05, 4.69) is 12.6 Å². The Morgan fingerprint density at radius 3 is 2.12 bits per heavy atom. The van der Waals surface area contributed by atoms with E-state index in [1.807, 2.05) is 0 Å². The van der Waals surface area contributed by atoms with Crippen molar-refractivity contribution >= 4 is 44.6 Å². The van der Waals surface area contributed by atoms with Gasteiger partial charge < -0.3 is 0 Å². The molecule has 0 heterocycles. The lowest BCUT2D eigenvalue weighted by atomic mass is 10.4. The molecule has 0 aliphatic carbocycles. The van der Waals surface area contributed by atoms with Crippen molar-refractivity contribution in [2.24, 2.45) is 0 Å². The van der Waals surface area contributed by atoms with Crippen LogP contribution in [0.5, 0.6) is 0 Å². The van der Waals surface area contributed by atoms with Gasteiger partial charge in [-0.15, -0.1) is 11.8 Å². The van der Waals surface area contributed by atoms with Crippen LogP contribution in [0.1, 0.15) is 19.3 Å². The average molecular weight is 324 g/mol. The third kappa shape index (κ3) is 10.2. The standard InChI is InChI=1S/C7H16O6S4/c8-16(9,10)6-2-1-5-15-7(3-4-14)17(11,12)13/h7,14H,1-6H2,(H,8,9,10)(H,11,12,13). The molecule has 1 unspecified atom stereocenters. The molecule has 0 bridgehead atoms. The van der Waals surface area contributed by atoms with Crippen LogP contribution in [0.2, 0.25) is 0 Å². The Morgan fingerprint density at radius 2 is 1.71 bits per heavy atom. The zero-order valence-electron chi connectivity index (χ0n) is 9.02. The van der Waals surface area contributed by atoms with Crippen LogP contribution >= 0.6 is 24.4 Å². The van der Waals surface area contributed by atoms with Gasteiger partial charge in [-0.25, -0.2) is 0 Å². The van der Waals surface area contributed by atoms with E-state index in [9.17, 15) is 16.8 Å². The molecule has 10 heteroatoms. The molecule has 0 aromatic carbocycles. The molecular weight excluding hydrogens is 308 g/mol. The van der Waals surface area contributed by atoms with E-state index >= 15 is 0 Å². The molecule has 0 fully saturated rings. The van der Waals surface area contributed by atoms with Gasteiger partial charge in [0.1, 0.15) is 4.58 Å². The molecule has 104 valence electrons. The maximum Gasteiger partial charge on any atom is 0.277 e. The summed E-state index contributed by atoms with van der Waals surface area (Å²) in [7, 11) is -8.05. The number of hydrogen-bond donors (Lipinski definition) is 3. The van der Waals surface area contributed by atoms with Crippen LogP contribution in [0.3, 0.4) is 0 Å². The Balaban J connectivity index is 3.92. The lowest BCUT2D eigenvalue weighted by molar-refractivity contribution is 0.477. The van der Waals surface area contributed by atoms with Crippen LogP contribution in [-0.4, -0.2) is 47.8 Å². The molecular formula is C7H16O6S4. The van der Waals surface area contributed by atoms with Crippen LogP contribution in [0, 0.1) is 0 Å². The zero-order chi connectivity index (χ0) is 13.5. The topological polar surface area (TPSA) is 109 Å². The van der Waals surface area contributed by atoms with Crippen LogP contribution in [0.15, 0.2) is 0 Å². The van der Waals surface area contributed by atoms with E-state index in [1.165, 1.54) is 0 Å². The summed E-state index contributed by atoms with van der Waals surface area (Å²) in [6.45, 7) is 0.